The minimum Gasteiger partial charge on any atom is -0.361 e. The first-order chi connectivity index (χ1) is 11.3. The fourth-order valence-corrected chi connectivity index (χ4v) is 3.22. The summed E-state index contributed by atoms with van der Waals surface area (Å²) in [6.07, 6.45) is -4.43. The Balaban J connectivity index is 1.54. The molecule has 3 rings (SSSR count). The predicted molar refractivity (Wildman–Crippen MR) is 83.0 cm³/mol. The van der Waals surface area contributed by atoms with E-state index in [0.717, 1.165) is 24.5 Å². The predicted octanol–water partition coefficient (Wildman–Crippen LogP) is 2.99. The Labute approximate surface area is 141 Å². The highest BCUT2D eigenvalue weighted by atomic mass is 32.1. The van der Waals surface area contributed by atoms with Crippen LogP contribution in [-0.4, -0.2) is 46.4 Å². The molecule has 3 heterocycles. The van der Waals surface area contributed by atoms with Gasteiger partial charge in [0.2, 0.25) is 10.1 Å². The highest BCUT2D eigenvalue weighted by molar-refractivity contribution is 7.15. The van der Waals surface area contributed by atoms with E-state index in [9.17, 15) is 13.2 Å². The molecule has 2 aromatic rings. The van der Waals surface area contributed by atoms with Gasteiger partial charge in [-0.3, -0.25) is 4.90 Å². The van der Waals surface area contributed by atoms with Crippen LogP contribution in [0.5, 0.6) is 0 Å². The third-order valence-electron chi connectivity index (χ3n) is 3.83. The van der Waals surface area contributed by atoms with E-state index >= 15 is 0 Å². The van der Waals surface area contributed by atoms with E-state index in [1.807, 2.05) is 24.8 Å². The molecule has 6 nitrogen and oxygen atoms in total. The molecule has 0 radical (unpaired) electrons. The maximum absolute atomic E-state index is 12.6. The number of rotatable bonds is 4. The lowest BCUT2D eigenvalue weighted by atomic mass is 10.1. The van der Waals surface area contributed by atoms with Crippen molar-refractivity contribution in [3.8, 4) is 0 Å². The lowest BCUT2D eigenvalue weighted by molar-refractivity contribution is -0.138. The molecular formula is C14H18F3N5OS. The Morgan fingerprint density at radius 1 is 1.21 bits per heavy atom. The third-order valence-corrected chi connectivity index (χ3v) is 4.86. The summed E-state index contributed by atoms with van der Waals surface area (Å²) in [5, 5.41) is 10.4. The number of alkyl halides is 3. The summed E-state index contributed by atoms with van der Waals surface area (Å²) in [4.78, 5) is 4.04. The van der Waals surface area contributed by atoms with Crippen molar-refractivity contribution < 1.29 is 17.7 Å². The minimum atomic E-state index is -4.43. The summed E-state index contributed by atoms with van der Waals surface area (Å²) >= 11 is 0.591. The zero-order valence-electron chi connectivity index (χ0n) is 13.4. The van der Waals surface area contributed by atoms with Gasteiger partial charge in [-0.2, -0.15) is 13.2 Å². The fraction of sp³-hybridized carbons (Fsp3) is 0.643. The van der Waals surface area contributed by atoms with Crippen molar-refractivity contribution in [2.24, 2.45) is 0 Å². The Hall–Kier alpha value is -1.68. The molecule has 0 unspecified atom stereocenters. The number of anilines is 1. The van der Waals surface area contributed by atoms with Crippen LogP contribution in [0.15, 0.2) is 10.6 Å². The first-order valence-electron chi connectivity index (χ1n) is 7.66. The van der Waals surface area contributed by atoms with Crippen molar-refractivity contribution >= 4 is 16.5 Å². The number of hydrogen-bond donors (Lipinski definition) is 0. The van der Waals surface area contributed by atoms with Crippen LogP contribution in [0.25, 0.3) is 0 Å². The quantitative estimate of drug-likeness (QED) is 0.834. The fourth-order valence-electron chi connectivity index (χ4n) is 2.46. The maximum atomic E-state index is 12.6. The van der Waals surface area contributed by atoms with E-state index in [1.165, 1.54) is 0 Å². The van der Waals surface area contributed by atoms with Crippen molar-refractivity contribution in [3.63, 3.8) is 0 Å². The zero-order valence-corrected chi connectivity index (χ0v) is 14.2. The van der Waals surface area contributed by atoms with Crippen LogP contribution in [0.1, 0.15) is 36.2 Å². The van der Waals surface area contributed by atoms with Gasteiger partial charge in [0.05, 0.1) is 5.69 Å². The van der Waals surface area contributed by atoms with Gasteiger partial charge in [0.1, 0.15) is 5.76 Å². The Morgan fingerprint density at radius 3 is 2.46 bits per heavy atom. The molecule has 132 valence electrons. The molecule has 1 saturated heterocycles. The molecule has 0 spiro atoms. The zero-order chi connectivity index (χ0) is 17.3. The Kier molecular flexibility index (Phi) is 4.77. The van der Waals surface area contributed by atoms with E-state index in [4.69, 9.17) is 4.52 Å². The third kappa shape index (κ3) is 3.86. The van der Waals surface area contributed by atoms with Crippen LogP contribution in [0, 0.1) is 0 Å². The van der Waals surface area contributed by atoms with E-state index in [2.05, 4.69) is 20.3 Å². The van der Waals surface area contributed by atoms with Gasteiger partial charge in [-0.25, -0.2) is 0 Å². The minimum absolute atomic E-state index is 0.295. The monoisotopic (exact) mass is 361 g/mol. The molecule has 0 N–H and O–H groups in total. The first kappa shape index (κ1) is 17.2. The van der Waals surface area contributed by atoms with Gasteiger partial charge in [0, 0.05) is 44.7 Å². The molecule has 2 aromatic heterocycles. The van der Waals surface area contributed by atoms with Gasteiger partial charge >= 0.3 is 6.18 Å². The summed E-state index contributed by atoms with van der Waals surface area (Å²) in [6, 6.07) is 1.96. The average molecular weight is 361 g/mol. The Morgan fingerprint density at radius 2 is 1.92 bits per heavy atom. The smallest absolute Gasteiger partial charge is 0.361 e. The van der Waals surface area contributed by atoms with Crippen molar-refractivity contribution in [2.75, 3.05) is 31.1 Å². The van der Waals surface area contributed by atoms with Gasteiger partial charge in [-0.1, -0.05) is 30.3 Å². The summed E-state index contributed by atoms with van der Waals surface area (Å²) in [7, 11) is 0. The Bertz CT molecular complexity index is 676. The van der Waals surface area contributed by atoms with E-state index in [-0.39, 0.29) is 0 Å². The molecule has 24 heavy (non-hydrogen) atoms. The van der Waals surface area contributed by atoms with Gasteiger partial charge < -0.3 is 9.42 Å². The summed E-state index contributed by atoms with van der Waals surface area (Å²) in [5.74, 6) is 1.15. The van der Waals surface area contributed by atoms with Crippen LogP contribution in [0.4, 0.5) is 18.3 Å². The first-order valence-corrected chi connectivity index (χ1v) is 8.48. The number of nitrogens with zero attached hydrogens (tertiary/aromatic N) is 5. The highest BCUT2D eigenvalue weighted by Crippen LogP contribution is 2.34. The van der Waals surface area contributed by atoms with Crippen LogP contribution in [-0.2, 0) is 12.7 Å². The van der Waals surface area contributed by atoms with Crippen LogP contribution < -0.4 is 4.90 Å². The molecule has 0 saturated carbocycles. The summed E-state index contributed by atoms with van der Waals surface area (Å²) in [5.41, 5.74) is 0.877. The molecule has 0 atom stereocenters. The van der Waals surface area contributed by atoms with Gasteiger partial charge in [-0.15, -0.1) is 10.2 Å². The van der Waals surface area contributed by atoms with E-state index in [0.29, 0.717) is 42.0 Å². The second kappa shape index (κ2) is 6.67. The molecule has 0 amide bonds. The van der Waals surface area contributed by atoms with Crippen molar-refractivity contribution in [1.82, 2.24) is 20.3 Å². The molecule has 0 aromatic carbocycles. The maximum Gasteiger partial charge on any atom is 0.445 e. The number of halogens is 3. The SMILES string of the molecule is CC(C)c1cc(CN2CCN(c3nnc(C(F)(F)F)s3)CC2)no1. The molecule has 1 aliphatic rings. The topological polar surface area (TPSA) is 58.3 Å². The molecular weight excluding hydrogens is 343 g/mol. The normalized spacial score (nSPS) is 17.0. The number of hydrogen-bond acceptors (Lipinski definition) is 7. The molecule has 0 aliphatic carbocycles. The summed E-state index contributed by atoms with van der Waals surface area (Å²) < 4.78 is 43.1. The highest BCUT2D eigenvalue weighted by Gasteiger charge is 2.36. The lowest BCUT2D eigenvalue weighted by Crippen LogP contribution is -2.46. The van der Waals surface area contributed by atoms with Crippen LogP contribution in [0.3, 0.4) is 0 Å². The van der Waals surface area contributed by atoms with Crippen molar-refractivity contribution in [1.29, 1.82) is 0 Å². The number of piperazine rings is 1. The second-order valence-electron chi connectivity index (χ2n) is 6.03. The van der Waals surface area contributed by atoms with Gasteiger partial charge in [-0.05, 0) is 0 Å². The van der Waals surface area contributed by atoms with Crippen LogP contribution in [0.2, 0.25) is 0 Å². The van der Waals surface area contributed by atoms with Crippen molar-refractivity contribution in [3.05, 3.63) is 22.5 Å². The summed E-state index contributed by atoms with van der Waals surface area (Å²) in [6.45, 7) is 7.44. The molecule has 0 bridgehead atoms. The molecule has 10 heteroatoms. The largest absolute Gasteiger partial charge is 0.445 e. The van der Waals surface area contributed by atoms with E-state index < -0.39 is 11.2 Å². The molecule has 1 aliphatic heterocycles. The van der Waals surface area contributed by atoms with Gasteiger partial charge in [0.25, 0.3) is 0 Å². The van der Waals surface area contributed by atoms with E-state index in [1.54, 1.807) is 0 Å². The number of aromatic nitrogens is 3. The lowest BCUT2D eigenvalue weighted by Gasteiger charge is -2.33. The van der Waals surface area contributed by atoms with Gasteiger partial charge in [0.15, 0.2) is 0 Å². The van der Waals surface area contributed by atoms with Crippen LogP contribution >= 0.6 is 11.3 Å². The van der Waals surface area contributed by atoms with Crippen molar-refractivity contribution in [2.45, 2.75) is 32.5 Å². The second-order valence-corrected chi connectivity index (χ2v) is 6.98. The molecule has 1 fully saturated rings. The standard InChI is InChI=1S/C14H18F3N5OS/c1-9(2)11-7-10(20-23-11)8-21-3-5-22(6-4-21)13-19-18-12(24-13)14(15,16)17/h7,9H,3-6,8H2,1-2H3. The average Bonchev–Trinajstić information content (AvgIpc) is 3.16.